The zero-order valence-corrected chi connectivity index (χ0v) is 15.1. The van der Waals surface area contributed by atoms with Crippen molar-refractivity contribution in [1.82, 2.24) is 5.32 Å². The van der Waals surface area contributed by atoms with E-state index in [1.54, 1.807) is 20.8 Å². The number of carboxylic acids is 1. The van der Waals surface area contributed by atoms with Crippen molar-refractivity contribution in [1.29, 1.82) is 0 Å². The molecule has 1 saturated heterocycles. The van der Waals surface area contributed by atoms with Crippen LogP contribution in [0.4, 0.5) is 4.79 Å². The maximum absolute atomic E-state index is 11.9. The molecule has 138 valence electrons. The van der Waals surface area contributed by atoms with Gasteiger partial charge < -0.3 is 19.9 Å². The molecule has 1 fully saturated rings. The van der Waals surface area contributed by atoms with Crippen LogP contribution in [0.25, 0.3) is 0 Å². The van der Waals surface area contributed by atoms with Crippen molar-refractivity contribution in [2.24, 2.45) is 0 Å². The first-order valence-electron chi connectivity index (χ1n) is 8.63. The second kappa shape index (κ2) is 8.34. The van der Waals surface area contributed by atoms with Gasteiger partial charge >= 0.3 is 12.1 Å². The molecule has 1 aliphatic heterocycles. The van der Waals surface area contributed by atoms with Gasteiger partial charge in [0, 0.05) is 19.6 Å². The summed E-state index contributed by atoms with van der Waals surface area (Å²) in [5.74, 6) is -0.641. The average molecular weight is 349 g/mol. The average Bonchev–Trinajstić information content (AvgIpc) is 2.53. The Morgan fingerprint density at radius 2 is 2.00 bits per heavy atom. The molecule has 6 heteroatoms. The number of aliphatic carboxylic acids is 1. The minimum absolute atomic E-state index is 0.214. The number of carbonyl (C=O) groups is 2. The molecule has 2 N–H and O–H groups in total. The molecule has 1 atom stereocenters. The van der Waals surface area contributed by atoms with Crippen LogP contribution in [0, 0.1) is 0 Å². The van der Waals surface area contributed by atoms with Gasteiger partial charge in [-0.2, -0.15) is 0 Å². The number of hydrogen-bond acceptors (Lipinski definition) is 4. The molecule has 0 aromatic heterocycles. The van der Waals surface area contributed by atoms with Crippen LogP contribution in [0.1, 0.15) is 50.7 Å². The second-order valence-electron chi connectivity index (χ2n) is 7.37. The highest BCUT2D eigenvalue weighted by Crippen LogP contribution is 2.27. The summed E-state index contributed by atoms with van der Waals surface area (Å²) in [7, 11) is 0. The SMILES string of the molecule is CC(C)(C)OC(=O)NC(Cc1cccc(C2CCOCC2)c1)C(=O)O. The van der Waals surface area contributed by atoms with Crippen molar-refractivity contribution in [3.63, 3.8) is 0 Å². The summed E-state index contributed by atoms with van der Waals surface area (Å²) in [5, 5.41) is 11.9. The lowest BCUT2D eigenvalue weighted by atomic mass is 9.90. The molecule has 0 saturated carbocycles. The highest BCUT2D eigenvalue weighted by molar-refractivity contribution is 5.80. The molecule has 6 nitrogen and oxygen atoms in total. The lowest BCUT2D eigenvalue weighted by Crippen LogP contribution is -2.44. The van der Waals surface area contributed by atoms with E-state index < -0.39 is 23.7 Å². The van der Waals surface area contributed by atoms with E-state index in [-0.39, 0.29) is 6.42 Å². The molecule has 1 aliphatic rings. The maximum atomic E-state index is 11.9. The minimum Gasteiger partial charge on any atom is -0.480 e. The smallest absolute Gasteiger partial charge is 0.408 e. The Morgan fingerprint density at radius 3 is 2.60 bits per heavy atom. The van der Waals surface area contributed by atoms with Crippen molar-refractivity contribution >= 4 is 12.1 Å². The summed E-state index contributed by atoms with van der Waals surface area (Å²) in [6.45, 7) is 6.72. The molecule has 0 bridgehead atoms. The Hall–Kier alpha value is -2.08. The lowest BCUT2D eigenvalue weighted by molar-refractivity contribution is -0.139. The van der Waals surface area contributed by atoms with Gasteiger partial charge in [-0.25, -0.2) is 9.59 Å². The molecule has 1 aromatic rings. The third-order valence-corrected chi connectivity index (χ3v) is 4.07. The van der Waals surface area contributed by atoms with Crippen LogP contribution < -0.4 is 5.32 Å². The fourth-order valence-corrected chi connectivity index (χ4v) is 2.89. The molecular weight excluding hydrogens is 322 g/mol. The molecule has 0 aliphatic carbocycles. The number of rotatable bonds is 5. The van der Waals surface area contributed by atoms with E-state index in [4.69, 9.17) is 9.47 Å². The second-order valence-corrected chi connectivity index (χ2v) is 7.37. The number of hydrogen-bond donors (Lipinski definition) is 2. The predicted molar refractivity (Wildman–Crippen MR) is 93.7 cm³/mol. The molecule has 1 heterocycles. The van der Waals surface area contributed by atoms with Crippen molar-refractivity contribution < 1.29 is 24.2 Å². The van der Waals surface area contributed by atoms with Crippen LogP contribution in [-0.2, 0) is 20.7 Å². The fourth-order valence-electron chi connectivity index (χ4n) is 2.89. The Kier molecular flexibility index (Phi) is 6.42. The molecule has 2 rings (SSSR count). The van der Waals surface area contributed by atoms with Crippen LogP contribution >= 0.6 is 0 Å². The quantitative estimate of drug-likeness (QED) is 0.853. The van der Waals surface area contributed by atoms with Gasteiger partial charge in [-0.1, -0.05) is 24.3 Å². The molecule has 25 heavy (non-hydrogen) atoms. The number of amides is 1. The Bertz CT molecular complexity index is 602. The van der Waals surface area contributed by atoms with Crippen LogP contribution in [0.3, 0.4) is 0 Å². The van der Waals surface area contributed by atoms with E-state index in [1.165, 1.54) is 5.56 Å². The number of carbonyl (C=O) groups excluding carboxylic acids is 1. The van der Waals surface area contributed by atoms with Gasteiger partial charge in [-0.05, 0) is 50.7 Å². The fraction of sp³-hybridized carbons (Fsp3) is 0.579. The highest BCUT2D eigenvalue weighted by Gasteiger charge is 2.24. The largest absolute Gasteiger partial charge is 0.480 e. The van der Waals surface area contributed by atoms with Crippen LogP contribution in [0.2, 0.25) is 0 Å². The van der Waals surface area contributed by atoms with Gasteiger partial charge in [0.05, 0.1) is 0 Å². The summed E-state index contributed by atoms with van der Waals surface area (Å²) in [6.07, 6.45) is 1.44. The first kappa shape index (κ1) is 19.2. The van der Waals surface area contributed by atoms with E-state index in [0.29, 0.717) is 5.92 Å². The van der Waals surface area contributed by atoms with Gasteiger partial charge in [0.15, 0.2) is 0 Å². The number of carboxylic acid groups (broad SMARTS) is 1. The third-order valence-electron chi connectivity index (χ3n) is 4.07. The Morgan fingerprint density at radius 1 is 1.32 bits per heavy atom. The molecule has 0 spiro atoms. The first-order valence-corrected chi connectivity index (χ1v) is 8.63. The van der Waals surface area contributed by atoms with Crippen molar-refractivity contribution in [3.05, 3.63) is 35.4 Å². The molecule has 1 amide bonds. The van der Waals surface area contributed by atoms with E-state index in [9.17, 15) is 14.7 Å². The van der Waals surface area contributed by atoms with E-state index in [2.05, 4.69) is 11.4 Å². The van der Waals surface area contributed by atoms with Gasteiger partial charge in [-0.15, -0.1) is 0 Å². The zero-order valence-electron chi connectivity index (χ0n) is 15.1. The number of nitrogens with one attached hydrogen (secondary N) is 1. The third kappa shape index (κ3) is 6.38. The van der Waals surface area contributed by atoms with Crippen molar-refractivity contribution in [2.45, 2.75) is 57.6 Å². The minimum atomic E-state index is -1.08. The summed E-state index contributed by atoms with van der Waals surface area (Å²) < 4.78 is 10.5. The van der Waals surface area contributed by atoms with Crippen LogP contribution in [0.5, 0.6) is 0 Å². The topological polar surface area (TPSA) is 84.9 Å². The standard InChI is InChI=1S/C19H27NO5/c1-19(2,3)25-18(23)20-16(17(21)22)12-13-5-4-6-15(11-13)14-7-9-24-10-8-14/h4-6,11,14,16H,7-10,12H2,1-3H3,(H,20,23)(H,21,22). The molecule has 1 unspecified atom stereocenters. The van der Waals surface area contributed by atoms with E-state index >= 15 is 0 Å². The predicted octanol–water partition coefficient (Wildman–Crippen LogP) is 3.10. The highest BCUT2D eigenvalue weighted by atomic mass is 16.6. The normalized spacial score (nSPS) is 16.9. The number of benzene rings is 1. The molecule has 0 radical (unpaired) electrons. The lowest BCUT2D eigenvalue weighted by Gasteiger charge is -2.24. The molecule has 1 aromatic carbocycles. The monoisotopic (exact) mass is 349 g/mol. The van der Waals surface area contributed by atoms with Gasteiger partial charge in [0.1, 0.15) is 11.6 Å². The van der Waals surface area contributed by atoms with Gasteiger partial charge in [-0.3, -0.25) is 0 Å². The van der Waals surface area contributed by atoms with E-state index in [1.807, 2.05) is 18.2 Å². The van der Waals surface area contributed by atoms with Crippen molar-refractivity contribution in [3.8, 4) is 0 Å². The number of alkyl carbamates (subject to hydrolysis) is 1. The summed E-state index contributed by atoms with van der Waals surface area (Å²) >= 11 is 0. The van der Waals surface area contributed by atoms with Crippen LogP contribution in [-0.4, -0.2) is 42.0 Å². The molecular formula is C19H27NO5. The summed E-state index contributed by atoms with van der Waals surface area (Å²) in [6, 6.07) is 6.89. The van der Waals surface area contributed by atoms with Gasteiger partial charge in [0.25, 0.3) is 0 Å². The first-order chi connectivity index (χ1) is 11.7. The van der Waals surface area contributed by atoms with E-state index in [0.717, 1.165) is 31.6 Å². The maximum Gasteiger partial charge on any atom is 0.408 e. The number of ether oxygens (including phenoxy) is 2. The Balaban J connectivity index is 2.03. The van der Waals surface area contributed by atoms with Crippen molar-refractivity contribution in [2.75, 3.05) is 13.2 Å². The Labute approximate surface area is 148 Å². The summed E-state index contributed by atoms with van der Waals surface area (Å²) in [4.78, 5) is 23.4. The summed E-state index contributed by atoms with van der Waals surface area (Å²) in [5.41, 5.74) is 1.41. The van der Waals surface area contributed by atoms with Crippen LogP contribution in [0.15, 0.2) is 24.3 Å². The van der Waals surface area contributed by atoms with Gasteiger partial charge in [0.2, 0.25) is 0 Å². The zero-order chi connectivity index (χ0) is 18.4.